The van der Waals surface area contributed by atoms with Crippen LogP contribution in [0.2, 0.25) is 0 Å². The molecule has 0 aliphatic heterocycles. The van der Waals surface area contributed by atoms with E-state index in [9.17, 15) is 0 Å². The molecule has 1 aliphatic rings. The van der Waals surface area contributed by atoms with Crippen LogP contribution in [0.15, 0.2) is 36.5 Å². The molecule has 0 radical (unpaired) electrons. The maximum Gasteiger partial charge on any atom is 0.0705 e. The molecule has 0 spiro atoms. The highest BCUT2D eigenvalue weighted by molar-refractivity contribution is 5.62. The van der Waals surface area contributed by atoms with Crippen molar-refractivity contribution in [2.24, 2.45) is 5.41 Å². The van der Waals surface area contributed by atoms with Crippen molar-refractivity contribution in [2.45, 2.75) is 59.3 Å². The molecule has 1 aliphatic carbocycles. The molecular weight excluding hydrogens is 266 g/mol. The lowest BCUT2D eigenvalue weighted by atomic mass is 9.64. The number of hydrogen-bond donors (Lipinski definition) is 0. The average molecular weight is 293 g/mol. The summed E-state index contributed by atoms with van der Waals surface area (Å²) in [5.41, 5.74) is 6.97. The van der Waals surface area contributed by atoms with Gasteiger partial charge in [0.2, 0.25) is 0 Å². The first-order valence-corrected chi connectivity index (χ1v) is 8.36. The number of hydrogen-bond acceptors (Lipinski definition) is 1. The molecule has 0 bridgehead atoms. The minimum absolute atomic E-state index is 0.168. The molecule has 0 saturated heterocycles. The van der Waals surface area contributed by atoms with Crippen LogP contribution in [0.1, 0.15) is 63.6 Å². The Hall–Kier alpha value is -1.63. The van der Waals surface area contributed by atoms with Crippen LogP contribution in [0, 0.1) is 12.3 Å². The molecule has 2 aromatic rings. The van der Waals surface area contributed by atoms with E-state index in [4.69, 9.17) is 4.98 Å². The molecule has 0 fully saturated rings. The Morgan fingerprint density at radius 2 is 1.68 bits per heavy atom. The summed E-state index contributed by atoms with van der Waals surface area (Å²) < 4.78 is 0. The number of aromatic nitrogens is 1. The van der Waals surface area contributed by atoms with Crippen molar-refractivity contribution in [3.63, 3.8) is 0 Å². The number of rotatable bonds is 2. The molecule has 1 unspecified atom stereocenters. The summed E-state index contributed by atoms with van der Waals surface area (Å²) in [5, 5.41) is 0. The Bertz CT molecular complexity index is 692. The van der Waals surface area contributed by atoms with Crippen LogP contribution >= 0.6 is 0 Å². The van der Waals surface area contributed by atoms with Gasteiger partial charge in [0.15, 0.2) is 0 Å². The molecule has 0 N–H and O–H groups in total. The van der Waals surface area contributed by atoms with Gasteiger partial charge < -0.3 is 0 Å². The van der Waals surface area contributed by atoms with Crippen LogP contribution in [0.5, 0.6) is 0 Å². The molecular formula is C21H27N. The lowest BCUT2D eigenvalue weighted by molar-refractivity contribution is 0.178. The molecule has 0 amide bonds. The van der Waals surface area contributed by atoms with Crippen molar-refractivity contribution in [3.8, 4) is 11.3 Å². The number of fused-ring (bicyclic) bond motifs is 1. The topological polar surface area (TPSA) is 12.9 Å². The van der Waals surface area contributed by atoms with Gasteiger partial charge in [-0.15, -0.1) is 0 Å². The second kappa shape index (κ2) is 4.94. The lowest BCUT2D eigenvalue weighted by Crippen LogP contribution is -2.34. The Morgan fingerprint density at radius 3 is 2.27 bits per heavy atom. The molecule has 22 heavy (non-hydrogen) atoms. The fourth-order valence-corrected chi connectivity index (χ4v) is 4.07. The van der Waals surface area contributed by atoms with Gasteiger partial charge in [-0.25, -0.2) is 0 Å². The highest BCUT2D eigenvalue weighted by atomic mass is 14.7. The molecule has 1 nitrogen and oxygen atoms in total. The Labute approximate surface area is 134 Å². The SMILES string of the molecule is CCC1c2cc(-c3ccc(C)cc3)ncc2C(C)(C)C1(C)C. The van der Waals surface area contributed by atoms with E-state index in [0.29, 0.717) is 5.92 Å². The van der Waals surface area contributed by atoms with Crippen molar-refractivity contribution in [3.05, 3.63) is 53.2 Å². The van der Waals surface area contributed by atoms with Crippen LogP contribution in [0.25, 0.3) is 11.3 Å². The Kier molecular flexibility index (Phi) is 3.43. The molecule has 1 aromatic carbocycles. The number of benzene rings is 1. The minimum atomic E-state index is 0.168. The normalized spacial score (nSPS) is 21.6. The zero-order valence-electron chi connectivity index (χ0n) is 14.7. The second-order valence-corrected chi connectivity index (χ2v) is 7.83. The molecule has 0 saturated carbocycles. The minimum Gasteiger partial charge on any atom is -0.256 e. The zero-order valence-corrected chi connectivity index (χ0v) is 14.7. The summed E-state index contributed by atoms with van der Waals surface area (Å²) in [6.45, 7) is 14.0. The summed E-state index contributed by atoms with van der Waals surface area (Å²) in [4.78, 5) is 4.78. The van der Waals surface area contributed by atoms with Crippen LogP contribution in [-0.2, 0) is 5.41 Å². The summed E-state index contributed by atoms with van der Waals surface area (Å²) in [6.07, 6.45) is 3.31. The smallest absolute Gasteiger partial charge is 0.0705 e. The largest absolute Gasteiger partial charge is 0.256 e. The average Bonchev–Trinajstić information content (AvgIpc) is 2.62. The highest BCUT2D eigenvalue weighted by Crippen LogP contribution is 2.59. The zero-order chi connectivity index (χ0) is 16.1. The van der Waals surface area contributed by atoms with Crippen molar-refractivity contribution in [2.75, 3.05) is 0 Å². The van der Waals surface area contributed by atoms with Gasteiger partial charge in [0.1, 0.15) is 0 Å². The quantitative estimate of drug-likeness (QED) is 0.675. The number of pyridine rings is 1. The first kappa shape index (κ1) is 15.3. The predicted octanol–water partition coefficient (Wildman–Crippen LogP) is 5.87. The standard InChI is InChI=1S/C21H27N/c1-7-17-16-12-19(15-10-8-14(2)9-11-15)22-13-18(16)21(5,6)20(17,3)4/h8-13,17H,7H2,1-6H3. The van der Waals surface area contributed by atoms with E-state index in [1.807, 2.05) is 0 Å². The van der Waals surface area contributed by atoms with E-state index < -0.39 is 0 Å². The van der Waals surface area contributed by atoms with E-state index in [1.165, 1.54) is 28.7 Å². The monoisotopic (exact) mass is 293 g/mol. The van der Waals surface area contributed by atoms with E-state index in [2.05, 4.69) is 78.1 Å². The van der Waals surface area contributed by atoms with Gasteiger partial charge in [-0.3, -0.25) is 4.98 Å². The van der Waals surface area contributed by atoms with Gasteiger partial charge in [-0.1, -0.05) is 64.4 Å². The maximum atomic E-state index is 4.78. The van der Waals surface area contributed by atoms with Gasteiger partial charge in [0, 0.05) is 11.8 Å². The van der Waals surface area contributed by atoms with Gasteiger partial charge >= 0.3 is 0 Å². The molecule has 116 valence electrons. The van der Waals surface area contributed by atoms with Crippen molar-refractivity contribution >= 4 is 0 Å². The molecule has 1 heterocycles. The lowest BCUT2D eigenvalue weighted by Gasteiger charge is -2.39. The fourth-order valence-electron chi connectivity index (χ4n) is 4.07. The Morgan fingerprint density at radius 1 is 1.05 bits per heavy atom. The summed E-state index contributed by atoms with van der Waals surface area (Å²) in [6, 6.07) is 11.0. The van der Waals surface area contributed by atoms with Crippen LogP contribution < -0.4 is 0 Å². The summed E-state index contributed by atoms with van der Waals surface area (Å²) >= 11 is 0. The summed E-state index contributed by atoms with van der Waals surface area (Å²) in [7, 11) is 0. The van der Waals surface area contributed by atoms with Gasteiger partial charge in [0.05, 0.1) is 5.69 Å². The third kappa shape index (κ3) is 2.02. The van der Waals surface area contributed by atoms with Crippen molar-refractivity contribution < 1.29 is 0 Å². The van der Waals surface area contributed by atoms with Gasteiger partial charge in [-0.05, 0) is 47.3 Å². The van der Waals surface area contributed by atoms with Crippen LogP contribution in [-0.4, -0.2) is 4.98 Å². The third-order valence-corrected chi connectivity index (χ3v) is 6.22. The van der Waals surface area contributed by atoms with Gasteiger partial charge in [-0.2, -0.15) is 0 Å². The van der Waals surface area contributed by atoms with E-state index in [1.54, 1.807) is 0 Å². The molecule has 1 heteroatoms. The third-order valence-electron chi connectivity index (χ3n) is 6.22. The number of aryl methyl sites for hydroxylation is 1. The van der Waals surface area contributed by atoms with Crippen LogP contribution in [0.3, 0.4) is 0 Å². The van der Waals surface area contributed by atoms with E-state index in [-0.39, 0.29) is 10.8 Å². The predicted molar refractivity (Wildman–Crippen MR) is 94.2 cm³/mol. The number of nitrogens with zero attached hydrogens (tertiary/aromatic N) is 1. The molecule has 3 rings (SSSR count). The fraction of sp³-hybridized carbons (Fsp3) is 0.476. The molecule has 1 aromatic heterocycles. The first-order valence-electron chi connectivity index (χ1n) is 8.36. The van der Waals surface area contributed by atoms with Crippen molar-refractivity contribution in [1.82, 2.24) is 4.98 Å². The van der Waals surface area contributed by atoms with Crippen molar-refractivity contribution in [1.29, 1.82) is 0 Å². The Balaban J connectivity index is 2.14. The van der Waals surface area contributed by atoms with E-state index >= 15 is 0 Å². The van der Waals surface area contributed by atoms with Gasteiger partial charge in [0.25, 0.3) is 0 Å². The maximum absolute atomic E-state index is 4.78. The second-order valence-electron chi connectivity index (χ2n) is 7.83. The van der Waals surface area contributed by atoms with Crippen LogP contribution in [0.4, 0.5) is 0 Å². The summed E-state index contributed by atoms with van der Waals surface area (Å²) in [5.74, 6) is 0.602. The molecule has 1 atom stereocenters. The highest BCUT2D eigenvalue weighted by Gasteiger charge is 2.51. The first-order chi connectivity index (χ1) is 10.3. The van der Waals surface area contributed by atoms with E-state index in [0.717, 1.165) is 5.69 Å².